The molecule has 0 atom stereocenters. The van der Waals surface area contributed by atoms with Gasteiger partial charge in [0, 0.05) is 17.8 Å². The first-order valence-corrected chi connectivity index (χ1v) is 7.24. The molecular weight excluding hydrogens is 324 g/mol. The molecule has 0 spiro atoms. The van der Waals surface area contributed by atoms with Crippen LogP contribution in [-0.2, 0) is 0 Å². The number of aromatic nitrogens is 6. The quantitative estimate of drug-likeness (QED) is 0.584. The summed E-state index contributed by atoms with van der Waals surface area (Å²) in [6, 6.07) is 0. The van der Waals surface area contributed by atoms with Crippen molar-refractivity contribution < 1.29 is 8.78 Å². The molecule has 10 heteroatoms. The minimum absolute atomic E-state index is 0.0128. The van der Waals surface area contributed by atoms with E-state index in [-0.39, 0.29) is 22.9 Å². The van der Waals surface area contributed by atoms with Crippen LogP contribution in [-0.4, -0.2) is 29.9 Å². The number of thiazole rings is 1. The van der Waals surface area contributed by atoms with Gasteiger partial charge in [0.05, 0.1) is 11.8 Å². The summed E-state index contributed by atoms with van der Waals surface area (Å²) in [5.41, 5.74) is 6.60. The highest BCUT2D eigenvalue weighted by Gasteiger charge is 2.19. The highest BCUT2D eigenvalue weighted by atomic mass is 32.1. The first-order valence-electron chi connectivity index (χ1n) is 6.36. The number of nitrogen functional groups attached to an aromatic ring is 1. The van der Waals surface area contributed by atoms with Gasteiger partial charge >= 0.3 is 0 Å². The van der Waals surface area contributed by atoms with Crippen molar-refractivity contribution in [1.29, 1.82) is 0 Å². The average molecular weight is 331 g/mol. The van der Waals surface area contributed by atoms with Crippen LogP contribution in [0.5, 0.6) is 0 Å². The Balaban J connectivity index is 1.97. The second kappa shape index (κ2) is 5.02. The van der Waals surface area contributed by atoms with E-state index in [1.165, 1.54) is 23.7 Å². The number of hydrogen-bond acceptors (Lipinski definition) is 7. The van der Waals surface area contributed by atoms with Crippen molar-refractivity contribution in [3.8, 4) is 22.1 Å². The molecule has 0 amide bonds. The number of nitrogens with one attached hydrogen (secondary N) is 1. The highest BCUT2D eigenvalue weighted by Crippen LogP contribution is 2.30. The summed E-state index contributed by atoms with van der Waals surface area (Å²) >= 11 is 1.22. The van der Waals surface area contributed by atoms with E-state index in [0.29, 0.717) is 16.2 Å². The van der Waals surface area contributed by atoms with Crippen LogP contribution < -0.4 is 5.73 Å². The van der Waals surface area contributed by atoms with E-state index >= 15 is 0 Å². The third-order valence-electron chi connectivity index (χ3n) is 3.10. The molecule has 4 rings (SSSR count). The molecule has 0 aliphatic heterocycles. The number of fused-ring (bicyclic) bond motifs is 1. The minimum atomic E-state index is -0.749. The standard InChI is InChI=1S/C13H7F2N7S/c14-6-4-19-12-8(20-6)5(3-18-12)11-21-9(7(15)10(16)22-11)13-17-1-2-23-13/h1-4H,(H,18,19)(H2,16,21,22). The lowest BCUT2D eigenvalue weighted by molar-refractivity contribution is 0.583. The molecule has 114 valence electrons. The van der Waals surface area contributed by atoms with E-state index in [2.05, 4.69) is 29.9 Å². The summed E-state index contributed by atoms with van der Waals surface area (Å²) in [4.78, 5) is 22.6. The van der Waals surface area contributed by atoms with Gasteiger partial charge < -0.3 is 10.7 Å². The molecule has 0 radical (unpaired) electrons. The van der Waals surface area contributed by atoms with Gasteiger partial charge in [-0.05, 0) is 0 Å². The van der Waals surface area contributed by atoms with E-state index in [4.69, 9.17) is 5.73 Å². The number of halogens is 2. The second-order valence-electron chi connectivity index (χ2n) is 4.52. The van der Waals surface area contributed by atoms with Crippen molar-refractivity contribution in [3.63, 3.8) is 0 Å². The molecule has 7 nitrogen and oxygen atoms in total. The molecule has 0 aliphatic carbocycles. The van der Waals surface area contributed by atoms with Crippen molar-refractivity contribution in [2.45, 2.75) is 0 Å². The van der Waals surface area contributed by atoms with E-state index in [1.54, 1.807) is 5.38 Å². The summed E-state index contributed by atoms with van der Waals surface area (Å²) < 4.78 is 27.5. The average Bonchev–Trinajstić information content (AvgIpc) is 3.19. The Morgan fingerprint density at radius 3 is 2.78 bits per heavy atom. The molecule has 4 heterocycles. The summed E-state index contributed by atoms with van der Waals surface area (Å²) in [5.74, 6) is -1.70. The van der Waals surface area contributed by atoms with E-state index in [1.807, 2.05) is 0 Å². The Morgan fingerprint density at radius 2 is 2.00 bits per heavy atom. The molecular formula is C13H7F2N7S. The third-order valence-corrected chi connectivity index (χ3v) is 3.88. The van der Waals surface area contributed by atoms with Gasteiger partial charge in [0.2, 0.25) is 5.95 Å². The van der Waals surface area contributed by atoms with Crippen LogP contribution in [0.25, 0.3) is 33.3 Å². The Morgan fingerprint density at radius 1 is 1.13 bits per heavy atom. The SMILES string of the molecule is Nc1nc(-c2c[nH]c3ncc(F)nc23)nc(-c2nccs2)c1F. The lowest BCUT2D eigenvalue weighted by atomic mass is 10.2. The van der Waals surface area contributed by atoms with Gasteiger partial charge in [-0.25, -0.2) is 29.3 Å². The van der Waals surface area contributed by atoms with Gasteiger partial charge in [0.25, 0.3) is 0 Å². The van der Waals surface area contributed by atoms with Crippen LogP contribution in [0.3, 0.4) is 0 Å². The largest absolute Gasteiger partial charge is 0.381 e. The highest BCUT2D eigenvalue weighted by molar-refractivity contribution is 7.13. The topological polar surface area (TPSA) is 106 Å². The lowest BCUT2D eigenvalue weighted by Crippen LogP contribution is -2.03. The summed E-state index contributed by atoms with van der Waals surface area (Å²) in [6.07, 6.45) is 4.04. The third kappa shape index (κ3) is 2.19. The van der Waals surface area contributed by atoms with Gasteiger partial charge in [-0.1, -0.05) is 0 Å². The molecule has 23 heavy (non-hydrogen) atoms. The molecule has 0 saturated carbocycles. The molecule has 0 bridgehead atoms. The number of hydrogen-bond donors (Lipinski definition) is 2. The maximum atomic E-state index is 14.2. The molecule has 0 aromatic carbocycles. The van der Waals surface area contributed by atoms with Crippen molar-refractivity contribution >= 4 is 28.3 Å². The van der Waals surface area contributed by atoms with Crippen LogP contribution in [0.2, 0.25) is 0 Å². The molecule has 0 unspecified atom stereocenters. The zero-order chi connectivity index (χ0) is 16.0. The summed E-state index contributed by atoms with van der Waals surface area (Å²) in [7, 11) is 0. The predicted octanol–water partition coefficient (Wildman–Crippen LogP) is 2.40. The van der Waals surface area contributed by atoms with Crippen molar-refractivity contribution in [2.24, 2.45) is 0 Å². The molecule has 4 aromatic heterocycles. The van der Waals surface area contributed by atoms with Gasteiger partial charge in [0.1, 0.15) is 16.2 Å². The smallest absolute Gasteiger partial charge is 0.232 e. The number of H-pyrrole nitrogens is 1. The van der Waals surface area contributed by atoms with Gasteiger partial charge in [0.15, 0.2) is 23.1 Å². The van der Waals surface area contributed by atoms with Gasteiger partial charge in [-0.2, -0.15) is 4.39 Å². The number of rotatable bonds is 2. The van der Waals surface area contributed by atoms with Crippen molar-refractivity contribution in [1.82, 2.24) is 29.9 Å². The Hall–Kier alpha value is -3.01. The normalized spacial score (nSPS) is 11.2. The lowest BCUT2D eigenvalue weighted by Gasteiger charge is -2.05. The number of nitrogens with zero attached hydrogens (tertiary/aromatic N) is 5. The van der Waals surface area contributed by atoms with Crippen molar-refractivity contribution in [3.05, 3.63) is 35.7 Å². The van der Waals surface area contributed by atoms with Crippen LogP contribution in [0.1, 0.15) is 0 Å². The van der Waals surface area contributed by atoms with Crippen LogP contribution in [0, 0.1) is 11.8 Å². The zero-order valence-electron chi connectivity index (χ0n) is 11.3. The number of aromatic amines is 1. The first kappa shape index (κ1) is 13.6. The first-order chi connectivity index (χ1) is 11.1. The molecule has 0 saturated heterocycles. The molecule has 0 aliphatic rings. The molecule has 0 fully saturated rings. The maximum Gasteiger partial charge on any atom is 0.232 e. The summed E-state index contributed by atoms with van der Waals surface area (Å²) in [5, 5.41) is 2.06. The molecule has 3 N–H and O–H groups in total. The van der Waals surface area contributed by atoms with Crippen LogP contribution >= 0.6 is 11.3 Å². The maximum absolute atomic E-state index is 14.2. The van der Waals surface area contributed by atoms with Crippen LogP contribution in [0.15, 0.2) is 24.0 Å². The minimum Gasteiger partial charge on any atom is -0.381 e. The Bertz CT molecular complexity index is 1010. The van der Waals surface area contributed by atoms with Crippen LogP contribution in [0.4, 0.5) is 14.6 Å². The fourth-order valence-corrected chi connectivity index (χ4v) is 2.73. The number of nitrogens with two attached hydrogens (primary N) is 1. The molecule has 4 aromatic rings. The second-order valence-corrected chi connectivity index (χ2v) is 5.42. The summed E-state index contributed by atoms with van der Waals surface area (Å²) in [6.45, 7) is 0. The van der Waals surface area contributed by atoms with E-state index in [9.17, 15) is 8.78 Å². The number of anilines is 1. The zero-order valence-corrected chi connectivity index (χ0v) is 12.1. The fraction of sp³-hybridized carbons (Fsp3) is 0. The van der Waals surface area contributed by atoms with E-state index < -0.39 is 11.8 Å². The monoisotopic (exact) mass is 331 g/mol. The van der Waals surface area contributed by atoms with Gasteiger partial charge in [-0.3, -0.25) is 0 Å². The predicted molar refractivity (Wildman–Crippen MR) is 80.4 cm³/mol. The van der Waals surface area contributed by atoms with Gasteiger partial charge in [-0.15, -0.1) is 11.3 Å². The Kier molecular flexibility index (Phi) is 2.98. The van der Waals surface area contributed by atoms with E-state index in [0.717, 1.165) is 6.20 Å². The van der Waals surface area contributed by atoms with Crippen molar-refractivity contribution in [2.75, 3.05) is 5.73 Å². The fourth-order valence-electron chi connectivity index (χ4n) is 2.11. The Labute approximate surface area is 131 Å².